The summed E-state index contributed by atoms with van der Waals surface area (Å²) >= 11 is 0.729. The Labute approximate surface area is 119 Å². The average molecular weight is 315 g/mol. The van der Waals surface area contributed by atoms with Crippen LogP contribution in [-0.2, 0) is 23.5 Å². The predicted molar refractivity (Wildman–Crippen MR) is 73.4 cm³/mol. The van der Waals surface area contributed by atoms with E-state index in [1.807, 2.05) is 6.07 Å². The van der Waals surface area contributed by atoms with E-state index >= 15 is 0 Å². The van der Waals surface area contributed by atoms with Crippen molar-refractivity contribution >= 4 is 27.3 Å². The highest BCUT2D eigenvalue weighted by molar-refractivity contribution is 7.91. The number of aromatic carboxylic acids is 1. The summed E-state index contributed by atoms with van der Waals surface area (Å²) in [4.78, 5) is 10.7. The first-order valence-electron chi connectivity index (χ1n) is 5.70. The number of carboxylic acid groups (broad SMARTS) is 1. The van der Waals surface area contributed by atoms with Crippen molar-refractivity contribution in [2.24, 2.45) is 7.05 Å². The normalized spacial score (nSPS) is 11.7. The maximum absolute atomic E-state index is 11.9. The van der Waals surface area contributed by atoms with E-state index in [1.165, 1.54) is 12.1 Å². The maximum atomic E-state index is 11.9. The first-order valence-corrected chi connectivity index (χ1v) is 8.00. The van der Waals surface area contributed by atoms with Gasteiger partial charge in [-0.2, -0.15) is 5.10 Å². The Kier molecular flexibility index (Phi) is 4.21. The fourth-order valence-corrected chi connectivity index (χ4v) is 3.78. The van der Waals surface area contributed by atoms with Gasteiger partial charge in [0, 0.05) is 26.2 Å². The average Bonchev–Trinajstić information content (AvgIpc) is 2.98. The van der Waals surface area contributed by atoms with Crippen LogP contribution in [0.5, 0.6) is 0 Å². The molecule has 2 rings (SSSR count). The number of sulfonamides is 1. The molecule has 9 heteroatoms. The van der Waals surface area contributed by atoms with Gasteiger partial charge in [-0.3, -0.25) is 4.68 Å². The van der Waals surface area contributed by atoms with Gasteiger partial charge in [-0.15, -0.1) is 11.3 Å². The van der Waals surface area contributed by atoms with Crippen LogP contribution >= 0.6 is 11.3 Å². The van der Waals surface area contributed by atoms with Gasteiger partial charge in [-0.05, 0) is 18.2 Å². The van der Waals surface area contributed by atoms with Gasteiger partial charge in [0.15, 0.2) is 0 Å². The van der Waals surface area contributed by atoms with Crippen LogP contribution < -0.4 is 4.72 Å². The largest absolute Gasteiger partial charge is 0.477 e. The Hall–Kier alpha value is -1.71. The van der Waals surface area contributed by atoms with E-state index in [2.05, 4.69) is 9.82 Å². The van der Waals surface area contributed by atoms with E-state index in [-0.39, 0.29) is 15.6 Å². The molecule has 0 aliphatic carbocycles. The Bertz CT molecular complexity index is 718. The molecule has 0 aliphatic heterocycles. The number of carbonyl (C=O) groups is 1. The van der Waals surface area contributed by atoms with Gasteiger partial charge in [0.05, 0.1) is 5.69 Å². The molecule has 2 N–H and O–H groups in total. The standard InChI is InChI=1S/C11H13N3O4S2/c1-14-7-5-8(13-14)4-6-12-20(17,18)10-3-2-9(19-10)11(15)16/h2-3,5,7,12H,4,6H2,1H3,(H,15,16). The number of thiophene rings is 1. The highest BCUT2D eigenvalue weighted by Gasteiger charge is 2.18. The molecule has 0 radical (unpaired) electrons. The number of aromatic nitrogens is 2. The molecule has 0 amide bonds. The first-order chi connectivity index (χ1) is 9.38. The van der Waals surface area contributed by atoms with Crippen molar-refractivity contribution in [1.82, 2.24) is 14.5 Å². The molecule has 0 saturated carbocycles. The molecule has 0 unspecified atom stereocenters. The number of aryl methyl sites for hydroxylation is 1. The zero-order valence-corrected chi connectivity index (χ0v) is 12.2. The lowest BCUT2D eigenvalue weighted by molar-refractivity contribution is 0.0702. The molecule has 108 valence electrons. The van der Waals surface area contributed by atoms with Gasteiger partial charge in [0.25, 0.3) is 0 Å². The van der Waals surface area contributed by atoms with E-state index in [0.717, 1.165) is 17.0 Å². The third-order valence-electron chi connectivity index (χ3n) is 2.50. The van der Waals surface area contributed by atoms with Crippen LogP contribution in [0.2, 0.25) is 0 Å². The molecule has 0 aromatic carbocycles. The molecule has 0 aliphatic rings. The van der Waals surface area contributed by atoms with Crippen molar-refractivity contribution in [2.45, 2.75) is 10.6 Å². The summed E-state index contributed by atoms with van der Waals surface area (Å²) in [6.45, 7) is 0.208. The number of nitrogens with one attached hydrogen (secondary N) is 1. The second kappa shape index (κ2) is 5.73. The lowest BCUT2D eigenvalue weighted by Crippen LogP contribution is -2.25. The lowest BCUT2D eigenvalue weighted by atomic mass is 10.3. The topological polar surface area (TPSA) is 101 Å². The third-order valence-corrected chi connectivity index (χ3v) is 5.53. The molecule has 0 atom stereocenters. The fraction of sp³-hybridized carbons (Fsp3) is 0.273. The molecule has 0 fully saturated rings. The molecule has 0 spiro atoms. The highest BCUT2D eigenvalue weighted by Crippen LogP contribution is 2.21. The van der Waals surface area contributed by atoms with Gasteiger partial charge in [0.2, 0.25) is 10.0 Å². The summed E-state index contributed by atoms with van der Waals surface area (Å²) in [7, 11) is -1.88. The maximum Gasteiger partial charge on any atom is 0.345 e. The van der Waals surface area contributed by atoms with Gasteiger partial charge >= 0.3 is 5.97 Å². The third kappa shape index (κ3) is 3.44. The minimum absolute atomic E-state index is 0.00378. The molecule has 0 bridgehead atoms. The summed E-state index contributed by atoms with van der Waals surface area (Å²) in [5.41, 5.74) is 0.785. The minimum Gasteiger partial charge on any atom is -0.477 e. The number of rotatable bonds is 6. The molecular weight excluding hydrogens is 302 g/mol. The van der Waals surface area contributed by atoms with Crippen molar-refractivity contribution in [2.75, 3.05) is 6.54 Å². The van der Waals surface area contributed by atoms with E-state index in [4.69, 9.17) is 5.11 Å². The summed E-state index contributed by atoms with van der Waals surface area (Å²) in [6.07, 6.45) is 2.25. The molecule has 2 aromatic rings. The Balaban J connectivity index is 1.98. The summed E-state index contributed by atoms with van der Waals surface area (Å²) in [5, 5.41) is 12.9. The molecule has 0 saturated heterocycles. The monoisotopic (exact) mass is 315 g/mol. The molecule has 2 heterocycles. The van der Waals surface area contributed by atoms with Crippen LogP contribution in [0.25, 0.3) is 0 Å². The number of carboxylic acids is 1. The van der Waals surface area contributed by atoms with Crippen LogP contribution in [0.1, 0.15) is 15.4 Å². The second-order valence-corrected chi connectivity index (χ2v) is 7.13. The zero-order chi connectivity index (χ0) is 14.8. The smallest absolute Gasteiger partial charge is 0.345 e. The van der Waals surface area contributed by atoms with Gasteiger partial charge in [0.1, 0.15) is 9.09 Å². The number of hydrogen-bond donors (Lipinski definition) is 2. The minimum atomic E-state index is -3.67. The van der Waals surface area contributed by atoms with E-state index < -0.39 is 16.0 Å². The fourth-order valence-electron chi connectivity index (χ4n) is 1.56. The van der Waals surface area contributed by atoms with Crippen molar-refractivity contribution in [3.05, 3.63) is 35.0 Å². The SMILES string of the molecule is Cn1ccc(CCNS(=O)(=O)c2ccc(C(=O)O)s2)n1. The quantitative estimate of drug-likeness (QED) is 0.817. The molecule has 7 nitrogen and oxygen atoms in total. The molecule has 2 aromatic heterocycles. The Morgan fingerprint density at radius 3 is 2.75 bits per heavy atom. The van der Waals surface area contributed by atoms with Crippen LogP contribution in [0, 0.1) is 0 Å². The van der Waals surface area contributed by atoms with Gasteiger partial charge in [-0.1, -0.05) is 0 Å². The summed E-state index contributed by atoms with van der Waals surface area (Å²) in [5.74, 6) is -1.13. The number of nitrogens with zero attached hydrogens (tertiary/aromatic N) is 2. The van der Waals surface area contributed by atoms with Gasteiger partial charge in [-0.25, -0.2) is 17.9 Å². The van der Waals surface area contributed by atoms with Crippen molar-refractivity contribution in [3.8, 4) is 0 Å². The Morgan fingerprint density at radius 2 is 2.20 bits per heavy atom. The highest BCUT2D eigenvalue weighted by atomic mass is 32.2. The lowest BCUT2D eigenvalue weighted by Gasteiger charge is -2.03. The van der Waals surface area contributed by atoms with E-state index in [0.29, 0.717) is 6.42 Å². The van der Waals surface area contributed by atoms with Crippen LogP contribution in [0.4, 0.5) is 0 Å². The van der Waals surface area contributed by atoms with Crippen LogP contribution in [0.3, 0.4) is 0 Å². The second-order valence-electron chi connectivity index (χ2n) is 4.05. The van der Waals surface area contributed by atoms with Crippen LogP contribution in [-0.4, -0.2) is 35.8 Å². The Morgan fingerprint density at radius 1 is 1.45 bits per heavy atom. The molecule has 20 heavy (non-hydrogen) atoms. The van der Waals surface area contributed by atoms with Crippen molar-refractivity contribution < 1.29 is 18.3 Å². The van der Waals surface area contributed by atoms with Crippen LogP contribution in [0.15, 0.2) is 28.6 Å². The van der Waals surface area contributed by atoms with Crippen molar-refractivity contribution in [3.63, 3.8) is 0 Å². The molecular formula is C11H13N3O4S2. The zero-order valence-electron chi connectivity index (χ0n) is 10.6. The number of hydrogen-bond acceptors (Lipinski definition) is 5. The summed E-state index contributed by atoms with van der Waals surface area (Å²) in [6, 6.07) is 4.37. The first kappa shape index (κ1) is 14.7. The van der Waals surface area contributed by atoms with E-state index in [9.17, 15) is 13.2 Å². The predicted octanol–water partition coefficient (Wildman–Crippen LogP) is 0.701. The van der Waals surface area contributed by atoms with E-state index in [1.54, 1.807) is 17.9 Å². The van der Waals surface area contributed by atoms with Crippen molar-refractivity contribution in [1.29, 1.82) is 0 Å². The summed E-state index contributed by atoms with van der Waals surface area (Å²) < 4.78 is 28.0. The van der Waals surface area contributed by atoms with Gasteiger partial charge < -0.3 is 5.11 Å².